The van der Waals surface area contributed by atoms with Crippen molar-refractivity contribution in [2.45, 2.75) is 30.9 Å². The molecule has 0 radical (unpaired) electrons. The van der Waals surface area contributed by atoms with Gasteiger partial charge >= 0.3 is 0 Å². The highest BCUT2D eigenvalue weighted by Crippen LogP contribution is 2.19. The molecule has 1 unspecified atom stereocenters. The van der Waals surface area contributed by atoms with Gasteiger partial charge in [0.05, 0.1) is 0 Å². The van der Waals surface area contributed by atoms with Gasteiger partial charge < -0.3 is 0 Å². The molecule has 1 fully saturated rings. The average molecular weight is 178 g/mol. The highest BCUT2D eigenvalue weighted by molar-refractivity contribution is 7.87. The maximum absolute atomic E-state index is 10.9. The molecule has 1 saturated carbocycles. The van der Waals surface area contributed by atoms with Crippen molar-refractivity contribution in [2.75, 3.05) is 0 Å². The Bertz CT molecular complexity index is 254. The summed E-state index contributed by atoms with van der Waals surface area (Å²) in [4.78, 5) is 10.9. The molecule has 0 spiro atoms. The Hall–Kier alpha value is -0.420. The van der Waals surface area contributed by atoms with Crippen LogP contribution < -0.4 is 0 Å². The van der Waals surface area contributed by atoms with Crippen LogP contribution in [0.5, 0.6) is 0 Å². The molecule has 0 amide bonds. The summed E-state index contributed by atoms with van der Waals surface area (Å²) in [6.45, 7) is 0. The van der Waals surface area contributed by atoms with Crippen molar-refractivity contribution in [1.82, 2.24) is 0 Å². The zero-order valence-corrected chi connectivity index (χ0v) is 6.80. The van der Waals surface area contributed by atoms with Gasteiger partial charge in [0.2, 0.25) is 0 Å². The van der Waals surface area contributed by atoms with E-state index in [0.717, 1.165) is 6.42 Å². The largest absolute Gasteiger partial charge is 0.298 e. The fourth-order valence-corrected chi connectivity index (χ4v) is 2.18. The van der Waals surface area contributed by atoms with Crippen LogP contribution in [-0.2, 0) is 14.9 Å². The highest BCUT2D eigenvalue weighted by Gasteiger charge is 2.32. The number of hydrogen-bond donors (Lipinski definition) is 1. The topological polar surface area (TPSA) is 71.4 Å². The fraction of sp³-hybridized carbons (Fsp3) is 0.833. The lowest BCUT2D eigenvalue weighted by molar-refractivity contribution is -0.119. The Kier molecular flexibility index (Phi) is 2.29. The third-order valence-electron chi connectivity index (χ3n) is 1.86. The molecule has 0 aromatic rings. The van der Waals surface area contributed by atoms with Crippen LogP contribution in [0.3, 0.4) is 0 Å². The lowest BCUT2D eigenvalue weighted by atomic mass is 9.99. The van der Waals surface area contributed by atoms with E-state index in [9.17, 15) is 13.2 Å². The minimum atomic E-state index is -4.12. The quantitative estimate of drug-likeness (QED) is 0.589. The Balaban J connectivity index is 2.78. The zero-order chi connectivity index (χ0) is 8.48. The predicted octanol–water partition coefficient (Wildman–Crippen LogP) is 0.386. The standard InChI is InChI=1S/C6H10O4S/c7-5-3-1-2-4-6(5)11(8,9)10/h6H,1-4H2,(H,8,9,10). The van der Waals surface area contributed by atoms with Crippen LogP contribution in [0.4, 0.5) is 0 Å². The van der Waals surface area contributed by atoms with Crippen molar-refractivity contribution >= 4 is 15.9 Å². The van der Waals surface area contributed by atoms with E-state index < -0.39 is 15.4 Å². The lowest BCUT2D eigenvalue weighted by Gasteiger charge is -2.16. The summed E-state index contributed by atoms with van der Waals surface area (Å²) in [6.07, 6.45) is 2.00. The minimum absolute atomic E-state index is 0.275. The molecule has 5 heteroatoms. The first-order valence-corrected chi connectivity index (χ1v) is 5.01. The minimum Gasteiger partial charge on any atom is -0.298 e. The molecule has 64 valence electrons. The van der Waals surface area contributed by atoms with Gasteiger partial charge in [-0.15, -0.1) is 0 Å². The average Bonchev–Trinajstić information content (AvgIpc) is 1.86. The molecule has 1 atom stereocenters. The van der Waals surface area contributed by atoms with Gasteiger partial charge in [0.1, 0.15) is 5.25 Å². The molecule has 1 aliphatic carbocycles. The maximum Gasteiger partial charge on any atom is 0.274 e. The molecular formula is C6H10O4S. The molecule has 0 aromatic carbocycles. The normalized spacial score (nSPS) is 27.0. The van der Waals surface area contributed by atoms with E-state index in [1.165, 1.54) is 0 Å². The maximum atomic E-state index is 10.9. The van der Waals surface area contributed by atoms with Gasteiger partial charge in [-0.3, -0.25) is 9.35 Å². The van der Waals surface area contributed by atoms with Gasteiger partial charge in [0.15, 0.2) is 5.78 Å². The molecular weight excluding hydrogens is 168 g/mol. The predicted molar refractivity (Wildman–Crippen MR) is 38.8 cm³/mol. The van der Waals surface area contributed by atoms with E-state index in [2.05, 4.69) is 0 Å². The molecule has 0 heterocycles. The molecule has 11 heavy (non-hydrogen) atoms. The van der Waals surface area contributed by atoms with E-state index >= 15 is 0 Å². The number of Topliss-reactive ketones (excluding diaryl/α,β-unsaturated/α-hetero) is 1. The summed E-state index contributed by atoms with van der Waals surface area (Å²) < 4.78 is 29.6. The smallest absolute Gasteiger partial charge is 0.274 e. The second-order valence-electron chi connectivity index (χ2n) is 2.72. The van der Waals surface area contributed by atoms with Gasteiger partial charge in [0, 0.05) is 6.42 Å². The molecule has 4 nitrogen and oxygen atoms in total. The van der Waals surface area contributed by atoms with Crippen LogP contribution in [0, 0.1) is 0 Å². The van der Waals surface area contributed by atoms with Crippen LogP contribution in [0.15, 0.2) is 0 Å². The van der Waals surface area contributed by atoms with Crippen molar-refractivity contribution in [1.29, 1.82) is 0 Å². The monoisotopic (exact) mass is 178 g/mol. The molecule has 1 N–H and O–H groups in total. The summed E-state index contributed by atoms with van der Waals surface area (Å²) in [5.74, 6) is -0.348. The van der Waals surface area contributed by atoms with E-state index in [1.54, 1.807) is 0 Å². The zero-order valence-electron chi connectivity index (χ0n) is 5.99. The lowest BCUT2D eigenvalue weighted by Crippen LogP contribution is -2.32. The van der Waals surface area contributed by atoms with Crippen molar-refractivity contribution in [3.8, 4) is 0 Å². The van der Waals surface area contributed by atoms with E-state index in [1.807, 2.05) is 0 Å². The summed E-state index contributed by atoms with van der Waals surface area (Å²) in [7, 11) is -4.12. The van der Waals surface area contributed by atoms with Crippen LogP contribution in [-0.4, -0.2) is 24.0 Å². The SMILES string of the molecule is O=C1CCCCC1S(=O)(=O)O. The highest BCUT2D eigenvalue weighted by atomic mass is 32.2. The van der Waals surface area contributed by atoms with Crippen molar-refractivity contribution in [3.63, 3.8) is 0 Å². The summed E-state index contributed by atoms with van der Waals surface area (Å²) in [5, 5.41) is -1.14. The van der Waals surface area contributed by atoms with Crippen molar-refractivity contribution < 1.29 is 17.8 Å². The number of carbonyl (C=O) groups excluding carboxylic acids is 1. The third-order valence-corrected chi connectivity index (χ3v) is 3.08. The number of rotatable bonds is 1. The van der Waals surface area contributed by atoms with Gasteiger partial charge in [-0.2, -0.15) is 8.42 Å². The first-order valence-electron chi connectivity index (χ1n) is 3.51. The second kappa shape index (κ2) is 2.91. The third kappa shape index (κ3) is 2.00. The summed E-state index contributed by atoms with van der Waals surface area (Å²) in [6, 6.07) is 0. The van der Waals surface area contributed by atoms with Crippen LogP contribution in [0.1, 0.15) is 25.7 Å². The second-order valence-corrected chi connectivity index (χ2v) is 4.31. The van der Waals surface area contributed by atoms with Gasteiger partial charge in [-0.25, -0.2) is 0 Å². The molecule has 0 saturated heterocycles. The first-order chi connectivity index (χ1) is 5.02. The molecule has 1 aliphatic rings. The van der Waals surface area contributed by atoms with Gasteiger partial charge in [0.25, 0.3) is 10.1 Å². The Labute approximate surface area is 65.3 Å². The Morgan fingerprint density at radius 1 is 1.36 bits per heavy atom. The molecule has 0 aromatic heterocycles. The Morgan fingerprint density at radius 2 is 2.00 bits per heavy atom. The first kappa shape index (κ1) is 8.67. The number of carbonyl (C=O) groups is 1. The van der Waals surface area contributed by atoms with E-state index in [4.69, 9.17) is 4.55 Å². The number of hydrogen-bond acceptors (Lipinski definition) is 3. The van der Waals surface area contributed by atoms with Crippen LogP contribution in [0.2, 0.25) is 0 Å². The summed E-state index contributed by atoms with van der Waals surface area (Å²) >= 11 is 0. The van der Waals surface area contributed by atoms with E-state index in [0.29, 0.717) is 6.42 Å². The van der Waals surface area contributed by atoms with Crippen LogP contribution >= 0.6 is 0 Å². The van der Waals surface area contributed by atoms with Crippen molar-refractivity contribution in [2.24, 2.45) is 0 Å². The fourth-order valence-electron chi connectivity index (χ4n) is 1.27. The van der Waals surface area contributed by atoms with Gasteiger partial charge in [-0.05, 0) is 12.8 Å². The van der Waals surface area contributed by atoms with E-state index in [-0.39, 0.29) is 18.6 Å². The molecule has 0 bridgehead atoms. The Morgan fingerprint density at radius 3 is 2.36 bits per heavy atom. The molecule has 0 aliphatic heterocycles. The van der Waals surface area contributed by atoms with Gasteiger partial charge in [-0.1, -0.05) is 6.42 Å². The number of ketones is 1. The van der Waals surface area contributed by atoms with Crippen molar-refractivity contribution in [3.05, 3.63) is 0 Å². The summed E-state index contributed by atoms with van der Waals surface area (Å²) in [5.41, 5.74) is 0. The molecule has 1 rings (SSSR count). The van der Waals surface area contributed by atoms with Crippen LogP contribution in [0.25, 0.3) is 0 Å².